The lowest BCUT2D eigenvalue weighted by Gasteiger charge is -2.19. The molecule has 3 atom stereocenters. The second kappa shape index (κ2) is 26.4. The monoisotopic (exact) mass is 690 g/mol. The van der Waals surface area contributed by atoms with Gasteiger partial charge in [-0.25, -0.2) is 4.79 Å². The topological polar surface area (TPSA) is 114 Å². The molecule has 0 heterocycles. The molecule has 0 amide bonds. The van der Waals surface area contributed by atoms with Crippen molar-refractivity contribution in [2.45, 2.75) is 122 Å². The summed E-state index contributed by atoms with van der Waals surface area (Å²) in [5.41, 5.74) is 1.39. The van der Waals surface area contributed by atoms with Crippen molar-refractivity contribution in [1.29, 1.82) is 0 Å². The second-order valence-electron chi connectivity index (χ2n) is 12.4. The third-order valence-corrected chi connectivity index (χ3v) is 8.22. The van der Waals surface area contributed by atoms with Crippen LogP contribution in [0.1, 0.15) is 109 Å². The highest BCUT2D eigenvalue weighted by Gasteiger charge is 2.24. The Balaban J connectivity index is 1.65. The number of carbonyl (C=O) groups is 4. The summed E-state index contributed by atoms with van der Waals surface area (Å²) in [4.78, 5) is 48.6. The predicted molar refractivity (Wildman–Crippen MR) is 191 cm³/mol. The Morgan fingerprint density at radius 3 is 2.08 bits per heavy atom. The van der Waals surface area contributed by atoms with Crippen molar-refractivity contribution in [1.82, 2.24) is 0 Å². The maximum atomic E-state index is 12.4. The van der Waals surface area contributed by atoms with Crippen LogP contribution < -0.4 is 0 Å². The summed E-state index contributed by atoms with van der Waals surface area (Å²) >= 11 is 0. The summed E-state index contributed by atoms with van der Waals surface area (Å²) in [6, 6.07) is 10.6. The first-order valence-electron chi connectivity index (χ1n) is 17.9. The lowest BCUT2D eigenvalue weighted by molar-refractivity contribution is -0.172. The molecule has 1 aliphatic rings. The molecule has 1 fully saturated rings. The molecule has 0 aliphatic heterocycles. The number of terminal acetylenes is 2. The van der Waals surface area contributed by atoms with Crippen LogP contribution in [-0.2, 0) is 44.5 Å². The number of rotatable bonds is 24. The molecule has 9 nitrogen and oxygen atoms in total. The normalized spacial score (nSPS) is 16.1. The molecule has 0 bridgehead atoms. The number of hydrogen-bond donors (Lipinski definition) is 0. The van der Waals surface area contributed by atoms with Gasteiger partial charge in [-0.2, -0.15) is 0 Å². The molecule has 272 valence electrons. The van der Waals surface area contributed by atoms with Crippen molar-refractivity contribution >= 4 is 24.1 Å². The second-order valence-corrected chi connectivity index (χ2v) is 12.4. The highest BCUT2D eigenvalue weighted by atomic mass is 16.8. The highest BCUT2D eigenvalue weighted by molar-refractivity contribution is 5.70. The summed E-state index contributed by atoms with van der Waals surface area (Å²) in [6.45, 7) is 0.661. The minimum Gasteiger partial charge on any atom is -0.462 e. The van der Waals surface area contributed by atoms with E-state index in [0.29, 0.717) is 43.9 Å². The van der Waals surface area contributed by atoms with E-state index in [4.69, 9.17) is 36.5 Å². The predicted octanol–water partition coefficient (Wildman–Crippen LogP) is 8.20. The summed E-state index contributed by atoms with van der Waals surface area (Å²) in [7, 11) is 0. The Labute approximate surface area is 298 Å². The molecule has 9 heteroatoms. The van der Waals surface area contributed by atoms with Crippen LogP contribution in [0.5, 0.6) is 0 Å². The SMILES string of the molecule is C#CCCCC(=O)OCC(COC(=O)CCCC#C)OC(=O)OC(C)OC(=O)CCC/C=C\C[C@H]1CCC[C@@H]1/C=C/CCCc1ccccc1. The standard InChI is InChI=1S/C41H54O9/c1-4-6-12-28-38(42)46-31-37(32-47-39(43)29-13-7-5-2)50-41(45)49-33(3)48-40(44)30-19-9-8-17-24-35-26-20-27-36(35)25-18-11-16-23-34-21-14-10-15-22-34/h1-2,8,10,14-15,17-18,21-22,25,33,35-37H,6-7,9,11-13,16,19-20,23-24,26-32H2,3H3/b17-8-,25-18+/t33?,35-,36-/m0/s1. The van der Waals surface area contributed by atoms with Crippen molar-refractivity contribution in [2.75, 3.05) is 13.2 Å². The van der Waals surface area contributed by atoms with Crippen LogP contribution in [0.25, 0.3) is 0 Å². The Morgan fingerprint density at radius 2 is 1.42 bits per heavy atom. The molecule has 0 radical (unpaired) electrons. The zero-order valence-corrected chi connectivity index (χ0v) is 29.6. The Hall–Kier alpha value is -4.50. The van der Waals surface area contributed by atoms with Crippen LogP contribution >= 0.6 is 0 Å². The molecule has 0 aromatic heterocycles. The molecule has 50 heavy (non-hydrogen) atoms. The van der Waals surface area contributed by atoms with E-state index in [1.54, 1.807) is 0 Å². The first kappa shape index (κ1) is 41.7. The fourth-order valence-electron chi connectivity index (χ4n) is 5.57. The smallest absolute Gasteiger partial charge is 0.462 e. The van der Waals surface area contributed by atoms with Gasteiger partial charge in [-0.05, 0) is 81.6 Å². The van der Waals surface area contributed by atoms with Gasteiger partial charge >= 0.3 is 24.1 Å². The van der Waals surface area contributed by atoms with E-state index in [1.165, 1.54) is 31.7 Å². The van der Waals surface area contributed by atoms with Gasteiger partial charge in [-0.3, -0.25) is 14.4 Å². The van der Waals surface area contributed by atoms with Gasteiger partial charge in [0.15, 0.2) is 6.10 Å². The van der Waals surface area contributed by atoms with Gasteiger partial charge in [0.05, 0.1) is 0 Å². The van der Waals surface area contributed by atoms with Gasteiger partial charge in [0.1, 0.15) is 13.2 Å². The van der Waals surface area contributed by atoms with Gasteiger partial charge in [0, 0.05) is 39.0 Å². The molecular weight excluding hydrogens is 636 g/mol. The lowest BCUT2D eigenvalue weighted by atomic mass is 9.92. The average Bonchev–Trinajstić information content (AvgIpc) is 3.54. The molecule has 1 saturated carbocycles. The maximum absolute atomic E-state index is 12.4. The van der Waals surface area contributed by atoms with Crippen molar-refractivity contribution < 1.29 is 42.9 Å². The zero-order valence-electron chi connectivity index (χ0n) is 29.6. The number of aryl methyl sites for hydroxylation is 1. The van der Waals surface area contributed by atoms with Crippen molar-refractivity contribution in [3.8, 4) is 24.7 Å². The molecule has 0 saturated heterocycles. The van der Waals surface area contributed by atoms with E-state index in [0.717, 1.165) is 32.1 Å². The average molecular weight is 691 g/mol. The molecule has 1 aliphatic carbocycles. The van der Waals surface area contributed by atoms with Crippen LogP contribution in [0.15, 0.2) is 54.6 Å². The summed E-state index contributed by atoms with van der Waals surface area (Å²) in [5.74, 6) is 4.58. The molecule has 1 aromatic carbocycles. The number of unbranched alkanes of at least 4 members (excludes halogenated alkanes) is 4. The third kappa shape index (κ3) is 20.1. The van der Waals surface area contributed by atoms with Gasteiger partial charge in [-0.1, -0.05) is 61.1 Å². The third-order valence-electron chi connectivity index (χ3n) is 8.22. The van der Waals surface area contributed by atoms with Gasteiger partial charge in [0.2, 0.25) is 6.29 Å². The van der Waals surface area contributed by atoms with Crippen molar-refractivity contribution in [3.63, 3.8) is 0 Å². The summed E-state index contributed by atoms with van der Waals surface area (Å²) < 4.78 is 25.7. The van der Waals surface area contributed by atoms with E-state index in [2.05, 4.69) is 66.5 Å². The van der Waals surface area contributed by atoms with Crippen LogP contribution in [0.2, 0.25) is 0 Å². The summed E-state index contributed by atoms with van der Waals surface area (Å²) in [5, 5.41) is 0. The van der Waals surface area contributed by atoms with E-state index in [-0.39, 0.29) is 32.5 Å². The summed E-state index contributed by atoms with van der Waals surface area (Å²) in [6.07, 6.45) is 27.6. The van der Waals surface area contributed by atoms with E-state index >= 15 is 0 Å². The number of carbonyl (C=O) groups excluding carboxylic acids is 4. The number of allylic oxidation sites excluding steroid dienone is 4. The minimum absolute atomic E-state index is 0.0881. The fraction of sp³-hybridized carbons (Fsp3) is 0.561. The van der Waals surface area contributed by atoms with Crippen LogP contribution in [0, 0.1) is 36.5 Å². The molecule has 1 unspecified atom stereocenters. The molecule has 0 spiro atoms. The highest BCUT2D eigenvalue weighted by Crippen LogP contribution is 2.35. The van der Waals surface area contributed by atoms with Gasteiger partial charge in [0.25, 0.3) is 0 Å². The molecular formula is C41H54O9. The van der Waals surface area contributed by atoms with E-state index in [9.17, 15) is 19.2 Å². The zero-order chi connectivity index (χ0) is 36.2. The quantitative estimate of drug-likeness (QED) is 0.0264. The van der Waals surface area contributed by atoms with Crippen LogP contribution in [0.4, 0.5) is 4.79 Å². The fourth-order valence-corrected chi connectivity index (χ4v) is 5.57. The Bertz CT molecular complexity index is 1250. The van der Waals surface area contributed by atoms with Crippen molar-refractivity contribution in [3.05, 3.63) is 60.2 Å². The molecule has 0 N–H and O–H groups in total. The van der Waals surface area contributed by atoms with Crippen LogP contribution in [0.3, 0.4) is 0 Å². The number of hydrogen-bond acceptors (Lipinski definition) is 9. The van der Waals surface area contributed by atoms with Gasteiger partial charge < -0.3 is 23.7 Å². The minimum atomic E-state index is -1.21. The maximum Gasteiger partial charge on any atom is 0.511 e. The first-order valence-corrected chi connectivity index (χ1v) is 17.9. The van der Waals surface area contributed by atoms with E-state index < -0.39 is 36.5 Å². The lowest BCUT2D eigenvalue weighted by Crippen LogP contribution is -2.32. The molecule has 2 rings (SSSR count). The Kier molecular flexibility index (Phi) is 22.0. The number of ether oxygens (including phenoxy) is 5. The molecule has 1 aromatic rings. The van der Waals surface area contributed by atoms with Gasteiger partial charge in [-0.15, -0.1) is 24.7 Å². The number of benzene rings is 1. The Morgan fingerprint density at radius 1 is 0.780 bits per heavy atom. The first-order chi connectivity index (χ1) is 24.3. The largest absolute Gasteiger partial charge is 0.511 e. The van der Waals surface area contributed by atoms with E-state index in [1.807, 2.05) is 0 Å². The van der Waals surface area contributed by atoms with Crippen molar-refractivity contribution in [2.24, 2.45) is 11.8 Å². The van der Waals surface area contributed by atoms with Crippen LogP contribution in [-0.4, -0.2) is 49.7 Å². The number of esters is 3.